The first-order chi connectivity index (χ1) is 12.9. The third-order valence-electron chi connectivity index (χ3n) is 4.75. The van der Waals surface area contributed by atoms with Gasteiger partial charge in [-0.15, -0.1) is 0 Å². The van der Waals surface area contributed by atoms with Gasteiger partial charge in [0.1, 0.15) is 5.82 Å². The molecule has 0 spiro atoms. The maximum atomic E-state index is 12.6. The predicted octanol–water partition coefficient (Wildman–Crippen LogP) is 3.29. The molecule has 8 heteroatoms. The van der Waals surface area contributed by atoms with Crippen molar-refractivity contribution in [3.63, 3.8) is 0 Å². The molecule has 1 aliphatic rings. The number of esters is 1. The Morgan fingerprint density at radius 1 is 1.44 bits per heavy atom. The second kappa shape index (κ2) is 7.22. The van der Waals surface area contributed by atoms with E-state index < -0.39 is 16.8 Å². The second-order valence-electron chi connectivity index (χ2n) is 6.52. The average Bonchev–Trinajstić information content (AvgIpc) is 2.95. The number of aromatic nitrogens is 2. The number of hydrogen-bond acceptors (Lipinski definition) is 6. The van der Waals surface area contributed by atoms with Crippen LogP contribution in [-0.2, 0) is 23.0 Å². The van der Waals surface area contributed by atoms with Gasteiger partial charge in [-0.25, -0.2) is 4.79 Å². The first kappa shape index (κ1) is 18.6. The van der Waals surface area contributed by atoms with Crippen molar-refractivity contribution >= 4 is 17.5 Å². The van der Waals surface area contributed by atoms with Crippen LogP contribution in [0.5, 0.6) is 0 Å². The van der Waals surface area contributed by atoms with Crippen LogP contribution < -0.4 is 5.32 Å². The van der Waals surface area contributed by atoms with Gasteiger partial charge in [0.2, 0.25) is 0 Å². The standard InChI is InChI=1S/C19H22N4O4/c1-5-7-14-17-16(12-8-6-9-13(10-12)23(25)26)15(19(24)27-4)11(2)20-18(17)22(3)21-14/h6,8-10,16,20H,5,7H2,1-4H3. The Morgan fingerprint density at radius 2 is 2.19 bits per heavy atom. The van der Waals surface area contributed by atoms with E-state index in [1.165, 1.54) is 19.2 Å². The van der Waals surface area contributed by atoms with E-state index in [0.717, 1.165) is 29.9 Å². The highest BCUT2D eigenvalue weighted by Crippen LogP contribution is 2.44. The van der Waals surface area contributed by atoms with E-state index in [0.29, 0.717) is 16.8 Å². The van der Waals surface area contributed by atoms with Crippen LogP contribution in [0, 0.1) is 10.1 Å². The number of ether oxygens (including phenoxy) is 1. The fourth-order valence-electron chi connectivity index (χ4n) is 3.61. The Labute approximate surface area is 157 Å². The van der Waals surface area contributed by atoms with Crippen molar-refractivity contribution in [2.75, 3.05) is 12.4 Å². The predicted molar refractivity (Wildman–Crippen MR) is 100 cm³/mol. The summed E-state index contributed by atoms with van der Waals surface area (Å²) in [6, 6.07) is 6.38. The summed E-state index contributed by atoms with van der Waals surface area (Å²) in [4.78, 5) is 23.4. The molecular weight excluding hydrogens is 348 g/mol. The van der Waals surface area contributed by atoms with Crippen molar-refractivity contribution in [3.8, 4) is 0 Å². The molecule has 27 heavy (non-hydrogen) atoms. The number of methoxy groups -OCH3 is 1. The number of aryl methyl sites for hydroxylation is 2. The number of fused-ring (bicyclic) bond motifs is 1. The number of benzene rings is 1. The summed E-state index contributed by atoms with van der Waals surface area (Å²) in [6.45, 7) is 3.86. The van der Waals surface area contributed by atoms with E-state index in [-0.39, 0.29) is 5.69 Å². The molecule has 0 aliphatic carbocycles. The third kappa shape index (κ3) is 3.18. The summed E-state index contributed by atoms with van der Waals surface area (Å²) >= 11 is 0. The van der Waals surface area contributed by atoms with Crippen molar-refractivity contribution in [1.29, 1.82) is 0 Å². The topological polar surface area (TPSA) is 99.3 Å². The summed E-state index contributed by atoms with van der Waals surface area (Å²) in [5, 5.41) is 19.1. The molecule has 1 unspecified atom stereocenters. The van der Waals surface area contributed by atoms with E-state index in [1.807, 2.05) is 7.05 Å². The van der Waals surface area contributed by atoms with Crippen LogP contribution in [0.15, 0.2) is 35.5 Å². The highest BCUT2D eigenvalue weighted by molar-refractivity contribution is 5.94. The lowest BCUT2D eigenvalue weighted by molar-refractivity contribution is -0.384. The van der Waals surface area contributed by atoms with Gasteiger partial charge in [0.25, 0.3) is 5.69 Å². The first-order valence-corrected chi connectivity index (χ1v) is 8.75. The Hall–Kier alpha value is -3.16. The molecule has 0 radical (unpaired) electrons. The molecule has 0 saturated heterocycles. The van der Waals surface area contributed by atoms with E-state index in [9.17, 15) is 14.9 Å². The molecule has 0 amide bonds. The summed E-state index contributed by atoms with van der Waals surface area (Å²) < 4.78 is 6.77. The Balaban J connectivity index is 2.28. The van der Waals surface area contributed by atoms with Gasteiger partial charge in [-0.2, -0.15) is 5.10 Å². The number of hydrogen-bond donors (Lipinski definition) is 1. The summed E-state index contributed by atoms with van der Waals surface area (Å²) in [7, 11) is 3.17. The third-order valence-corrected chi connectivity index (χ3v) is 4.75. The number of nitro benzene ring substituents is 1. The van der Waals surface area contributed by atoms with Crippen LogP contribution in [-0.4, -0.2) is 27.8 Å². The minimum atomic E-state index is -0.483. The average molecular weight is 370 g/mol. The van der Waals surface area contributed by atoms with E-state index in [2.05, 4.69) is 17.3 Å². The number of carbonyl (C=O) groups excluding carboxylic acids is 1. The fraction of sp³-hybridized carbons (Fsp3) is 0.368. The highest BCUT2D eigenvalue weighted by Gasteiger charge is 2.37. The van der Waals surface area contributed by atoms with Crippen molar-refractivity contribution in [1.82, 2.24) is 9.78 Å². The molecule has 2 heterocycles. The minimum absolute atomic E-state index is 0.0182. The molecule has 1 atom stereocenters. The Kier molecular flexibility index (Phi) is 4.98. The largest absolute Gasteiger partial charge is 0.466 e. The zero-order valence-corrected chi connectivity index (χ0v) is 15.8. The molecule has 0 fully saturated rings. The Morgan fingerprint density at radius 3 is 2.81 bits per heavy atom. The zero-order chi connectivity index (χ0) is 19.7. The van der Waals surface area contributed by atoms with Gasteiger partial charge in [-0.05, 0) is 18.9 Å². The summed E-state index contributed by atoms with van der Waals surface area (Å²) in [5.74, 6) is -0.155. The van der Waals surface area contributed by atoms with Crippen molar-refractivity contribution in [2.24, 2.45) is 7.05 Å². The number of nitrogens with zero attached hydrogens (tertiary/aromatic N) is 3. The van der Waals surface area contributed by atoms with Gasteiger partial charge < -0.3 is 10.1 Å². The number of rotatable bonds is 5. The maximum Gasteiger partial charge on any atom is 0.336 e. The van der Waals surface area contributed by atoms with Gasteiger partial charge in [0.15, 0.2) is 0 Å². The number of allylic oxidation sites excluding steroid dienone is 1. The molecular formula is C19H22N4O4. The lowest BCUT2D eigenvalue weighted by atomic mass is 9.80. The summed E-state index contributed by atoms with van der Waals surface area (Å²) in [6.07, 6.45) is 1.63. The zero-order valence-electron chi connectivity index (χ0n) is 15.8. The quantitative estimate of drug-likeness (QED) is 0.492. The smallest absolute Gasteiger partial charge is 0.336 e. The molecule has 2 aromatic rings. The minimum Gasteiger partial charge on any atom is -0.466 e. The molecule has 1 aromatic heterocycles. The molecule has 1 aliphatic heterocycles. The highest BCUT2D eigenvalue weighted by atomic mass is 16.6. The number of non-ortho nitro benzene ring substituents is 1. The molecule has 0 saturated carbocycles. The van der Waals surface area contributed by atoms with Gasteiger partial charge in [0, 0.05) is 36.4 Å². The maximum absolute atomic E-state index is 12.6. The van der Waals surface area contributed by atoms with Gasteiger partial charge in [-0.3, -0.25) is 14.8 Å². The van der Waals surface area contributed by atoms with Gasteiger partial charge in [0.05, 0.1) is 23.3 Å². The van der Waals surface area contributed by atoms with Crippen LogP contribution in [0.25, 0.3) is 0 Å². The van der Waals surface area contributed by atoms with Crippen LogP contribution in [0.3, 0.4) is 0 Å². The molecule has 1 N–H and O–H groups in total. The van der Waals surface area contributed by atoms with Crippen molar-refractivity contribution in [3.05, 3.63) is 62.5 Å². The first-order valence-electron chi connectivity index (χ1n) is 8.75. The summed E-state index contributed by atoms with van der Waals surface area (Å²) in [5.41, 5.74) is 3.47. The molecule has 1 aromatic carbocycles. The SMILES string of the molecule is CCCc1nn(C)c2c1C(c1cccc([N+](=O)[O-])c1)C(C(=O)OC)=C(C)N2. The van der Waals surface area contributed by atoms with Crippen molar-refractivity contribution < 1.29 is 14.5 Å². The van der Waals surface area contributed by atoms with Crippen LogP contribution in [0.4, 0.5) is 11.5 Å². The van der Waals surface area contributed by atoms with Crippen LogP contribution in [0.1, 0.15) is 43.0 Å². The van der Waals surface area contributed by atoms with Crippen LogP contribution >= 0.6 is 0 Å². The number of anilines is 1. The number of nitro groups is 1. The molecule has 0 bridgehead atoms. The Bertz CT molecular complexity index is 945. The lowest BCUT2D eigenvalue weighted by Crippen LogP contribution is -2.24. The molecule has 142 valence electrons. The molecule has 3 rings (SSSR count). The van der Waals surface area contributed by atoms with Gasteiger partial charge >= 0.3 is 5.97 Å². The lowest BCUT2D eigenvalue weighted by Gasteiger charge is -2.28. The van der Waals surface area contributed by atoms with Crippen LogP contribution in [0.2, 0.25) is 0 Å². The monoisotopic (exact) mass is 370 g/mol. The molecule has 8 nitrogen and oxygen atoms in total. The number of nitrogens with one attached hydrogen (secondary N) is 1. The van der Waals surface area contributed by atoms with Crippen molar-refractivity contribution in [2.45, 2.75) is 32.6 Å². The number of carbonyl (C=O) groups is 1. The van der Waals surface area contributed by atoms with E-state index in [1.54, 1.807) is 23.7 Å². The second-order valence-corrected chi connectivity index (χ2v) is 6.52. The van der Waals surface area contributed by atoms with E-state index in [4.69, 9.17) is 4.74 Å². The van der Waals surface area contributed by atoms with E-state index >= 15 is 0 Å². The fourth-order valence-corrected chi connectivity index (χ4v) is 3.61. The van der Waals surface area contributed by atoms with Gasteiger partial charge in [-0.1, -0.05) is 25.5 Å². The normalized spacial score (nSPS) is 15.9.